The maximum Gasteiger partial charge on any atom is 0.0766 e. The first-order valence-electron chi connectivity index (χ1n) is 6.93. The predicted molar refractivity (Wildman–Crippen MR) is 87.6 cm³/mol. The molecule has 4 nitrogen and oxygen atoms in total. The van der Waals surface area contributed by atoms with Gasteiger partial charge in [0.05, 0.1) is 23.1 Å². The van der Waals surface area contributed by atoms with Crippen LogP contribution in [0.1, 0.15) is 5.56 Å². The number of pyridine rings is 2. The first kappa shape index (κ1) is 13.4. The third-order valence-corrected chi connectivity index (χ3v) is 3.43. The third kappa shape index (κ3) is 2.94. The van der Waals surface area contributed by atoms with E-state index in [0.717, 1.165) is 28.8 Å². The second kappa shape index (κ2) is 5.79. The largest absolute Gasteiger partial charge is 0.378 e. The van der Waals surface area contributed by atoms with Gasteiger partial charge in [-0.3, -0.25) is 9.97 Å². The van der Waals surface area contributed by atoms with E-state index in [0.29, 0.717) is 0 Å². The van der Waals surface area contributed by atoms with Gasteiger partial charge in [0.1, 0.15) is 0 Å². The normalized spacial score (nSPS) is 10.6. The van der Waals surface area contributed by atoms with Gasteiger partial charge in [0.25, 0.3) is 0 Å². The van der Waals surface area contributed by atoms with E-state index in [-0.39, 0.29) is 0 Å². The molecule has 1 aromatic carbocycles. The highest BCUT2D eigenvalue weighted by Crippen LogP contribution is 2.23. The zero-order valence-electron chi connectivity index (χ0n) is 12.2. The molecule has 3 rings (SSSR count). The summed E-state index contributed by atoms with van der Waals surface area (Å²) in [4.78, 5) is 10.6. The lowest BCUT2D eigenvalue weighted by atomic mass is 10.1. The molecule has 0 fully saturated rings. The molecule has 0 amide bonds. The Hall–Kier alpha value is -2.62. The molecule has 3 aromatic rings. The quantitative estimate of drug-likeness (QED) is 0.795. The Morgan fingerprint density at radius 3 is 2.86 bits per heavy atom. The third-order valence-electron chi connectivity index (χ3n) is 3.43. The Morgan fingerprint density at radius 2 is 2.00 bits per heavy atom. The van der Waals surface area contributed by atoms with Crippen molar-refractivity contribution in [2.45, 2.75) is 6.54 Å². The molecular formula is C17H18N4. The summed E-state index contributed by atoms with van der Waals surface area (Å²) in [6, 6.07) is 12.4. The Labute approximate surface area is 124 Å². The number of fused-ring (bicyclic) bond motifs is 1. The van der Waals surface area contributed by atoms with Crippen LogP contribution >= 0.6 is 0 Å². The van der Waals surface area contributed by atoms with Gasteiger partial charge in [-0.15, -0.1) is 0 Å². The maximum absolute atomic E-state index is 4.34. The summed E-state index contributed by atoms with van der Waals surface area (Å²) in [5.41, 5.74) is 4.42. The number of hydrogen-bond acceptors (Lipinski definition) is 4. The molecule has 0 aliphatic carbocycles. The van der Waals surface area contributed by atoms with Crippen LogP contribution in [0.5, 0.6) is 0 Å². The summed E-state index contributed by atoms with van der Waals surface area (Å²) in [6.07, 6.45) is 5.49. The summed E-state index contributed by atoms with van der Waals surface area (Å²) >= 11 is 0. The van der Waals surface area contributed by atoms with E-state index in [2.05, 4.69) is 44.5 Å². The minimum absolute atomic E-state index is 0.761. The number of nitrogens with zero attached hydrogens (tertiary/aromatic N) is 3. The van der Waals surface area contributed by atoms with Gasteiger partial charge in [0.15, 0.2) is 0 Å². The van der Waals surface area contributed by atoms with Crippen LogP contribution < -0.4 is 10.2 Å². The Bertz CT molecular complexity index is 752. The van der Waals surface area contributed by atoms with Gasteiger partial charge >= 0.3 is 0 Å². The van der Waals surface area contributed by atoms with E-state index >= 15 is 0 Å². The summed E-state index contributed by atoms with van der Waals surface area (Å²) < 4.78 is 0. The van der Waals surface area contributed by atoms with E-state index in [1.54, 1.807) is 0 Å². The van der Waals surface area contributed by atoms with E-state index in [9.17, 15) is 0 Å². The van der Waals surface area contributed by atoms with Crippen molar-refractivity contribution in [2.75, 3.05) is 24.3 Å². The molecule has 4 heteroatoms. The van der Waals surface area contributed by atoms with Crippen LogP contribution in [0.15, 0.2) is 55.0 Å². The number of aromatic nitrogens is 2. The standard InChI is InChI=1S/C17H18N4/c1-21(2)17-7-9-18-12-16(17)20-11-13-5-6-15-14(10-13)4-3-8-19-15/h3-10,12,20H,11H2,1-2H3. The fourth-order valence-corrected chi connectivity index (χ4v) is 2.35. The average Bonchev–Trinajstić information content (AvgIpc) is 2.53. The van der Waals surface area contributed by atoms with Crippen LogP contribution in [0, 0.1) is 0 Å². The van der Waals surface area contributed by atoms with Crippen molar-refractivity contribution in [3.8, 4) is 0 Å². The van der Waals surface area contributed by atoms with E-state index in [1.165, 1.54) is 5.56 Å². The predicted octanol–water partition coefficient (Wildman–Crippen LogP) is 3.31. The van der Waals surface area contributed by atoms with Crippen molar-refractivity contribution in [1.29, 1.82) is 0 Å². The van der Waals surface area contributed by atoms with Crippen molar-refractivity contribution in [3.63, 3.8) is 0 Å². The topological polar surface area (TPSA) is 41.1 Å². The molecule has 106 valence electrons. The molecule has 0 radical (unpaired) electrons. The van der Waals surface area contributed by atoms with Gasteiger partial charge in [-0.25, -0.2) is 0 Å². The van der Waals surface area contributed by atoms with Gasteiger partial charge in [0.2, 0.25) is 0 Å². The fraction of sp³-hybridized carbons (Fsp3) is 0.176. The second-order valence-corrected chi connectivity index (χ2v) is 5.17. The molecule has 2 heterocycles. The summed E-state index contributed by atoms with van der Waals surface area (Å²) in [5, 5.41) is 4.61. The highest BCUT2D eigenvalue weighted by molar-refractivity contribution is 5.79. The molecule has 0 bridgehead atoms. The first-order valence-corrected chi connectivity index (χ1v) is 6.93. The lowest BCUT2D eigenvalue weighted by molar-refractivity contribution is 1.09. The molecule has 0 aliphatic heterocycles. The average molecular weight is 278 g/mol. The van der Waals surface area contributed by atoms with Crippen molar-refractivity contribution in [3.05, 3.63) is 60.6 Å². The van der Waals surface area contributed by atoms with Crippen LogP contribution in [-0.2, 0) is 6.54 Å². The second-order valence-electron chi connectivity index (χ2n) is 5.17. The zero-order chi connectivity index (χ0) is 14.7. The lowest BCUT2D eigenvalue weighted by Gasteiger charge is -2.18. The Kier molecular flexibility index (Phi) is 3.69. The van der Waals surface area contributed by atoms with Crippen LogP contribution in [0.4, 0.5) is 11.4 Å². The smallest absolute Gasteiger partial charge is 0.0766 e. The van der Waals surface area contributed by atoms with E-state index in [1.807, 2.05) is 44.8 Å². The number of anilines is 2. The molecule has 1 N–H and O–H groups in total. The van der Waals surface area contributed by atoms with Crippen LogP contribution in [0.2, 0.25) is 0 Å². The van der Waals surface area contributed by atoms with Gasteiger partial charge in [-0.2, -0.15) is 0 Å². The number of hydrogen-bond donors (Lipinski definition) is 1. The maximum atomic E-state index is 4.34. The monoisotopic (exact) mass is 278 g/mol. The van der Waals surface area contributed by atoms with Crippen LogP contribution in [-0.4, -0.2) is 24.1 Å². The molecule has 2 aromatic heterocycles. The van der Waals surface area contributed by atoms with Crippen molar-refractivity contribution >= 4 is 22.3 Å². The fourth-order valence-electron chi connectivity index (χ4n) is 2.35. The first-order chi connectivity index (χ1) is 10.2. The van der Waals surface area contributed by atoms with Crippen LogP contribution in [0.3, 0.4) is 0 Å². The van der Waals surface area contributed by atoms with Gasteiger partial charge in [-0.05, 0) is 29.8 Å². The van der Waals surface area contributed by atoms with Gasteiger partial charge in [-0.1, -0.05) is 12.1 Å². The zero-order valence-corrected chi connectivity index (χ0v) is 12.2. The molecule has 0 unspecified atom stereocenters. The van der Waals surface area contributed by atoms with Crippen LogP contribution in [0.25, 0.3) is 10.9 Å². The molecule has 0 saturated heterocycles. The minimum atomic E-state index is 0.761. The molecule has 0 saturated carbocycles. The molecule has 0 atom stereocenters. The minimum Gasteiger partial charge on any atom is -0.378 e. The molecule has 0 spiro atoms. The highest BCUT2D eigenvalue weighted by atomic mass is 15.1. The van der Waals surface area contributed by atoms with Gasteiger partial charge < -0.3 is 10.2 Å². The molecular weight excluding hydrogens is 260 g/mol. The summed E-state index contributed by atoms with van der Waals surface area (Å²) in [6.45, 7) is 0.761. The van der Waals surface area contributed by atoms with E-state index < -0.39 is 0 Å². The van der Waals surface area contributed by atoms with Crippen molar-refractivity contribution in [1.82, 2.24) is 9.97 Å². The molecule has 0 aliphatic rings. The Morgan fingerprint density at radius 1 is 1.10 bits per heavy atom. The number of benzene rings is 1. The number of nitrogens with one attached hydrogen (secondary N) is 1. The lowest BCUT2D eigenvalue weighted by Crippen LogP contribution is -2.12. The van der Waals surface area contributed by atoms with Gasteiger partial charge in [0, 0.05) is 38.4 Å². The summed E-state index contributed by atoms with van der Waals surface area (Å²) in [5.74, 6) is 0. The molecule has 21 heavy (non-hydrogen) atoms. The highest BCUT2D eigenvalue weighted by Gasteiger charge is 2.04. The van der Waals surface area contributed by atoms with E-state index in [4.69, 9.17) is 0 Å². The van der Waals surface area contributed by atoms with Crippen molar-refractivity contribution < 1.29 is 0 Å². The number of rotatable bonds is 4. The van der Waals surface area contributed by atoms with Crippen molar-refractivity contribution in [2.24, 2.45) is 0 Å². The summed E-state index contributed by atoms with van der Waals surface area (Å²) in [7, 11) is 4.06. The Balaban J connectivity index is 1.80. The SMILES string of the molecule is CN(C)c1ccncc1NCc1ccc2ncccc2c1.